The Bertz CT molecular complexity index is 643. The molecule has 1 amide bonds. The van der Waals surface area contributed by atoms with Crippen LogP contribution in [0.2, 0.25) is 0 Å². The molecule has 2 nitrogen and oxygen atoms in total. The van der Waals surface area contributed by atoms with Gasteiger partial charge in [-0.3, -0.25) is 4.79 Å². The highest BCUT2D eigenvalue weighted by molar-refractivity contribution is 5.73. The molecule has 0 aliphatic heterocycles. The maximum atomic E-state index is 12.1. The van der Waals surface area contributed by atoms with Crippen LogP contribution in [0.1, 0.15) is 119 Å². The third-order valence-corrected chi connectivity index (χ3v) is 11.2. The Labute approximate surface area is 193 Å². The maximum absolute atomic E-state index is 12.1. The SMILES string of the molecule is CC(=O)NC1CC2C3CCC(C(C)CCCC(C)C)C3(C)CCC2C2(C)CCCCC12. The number of carbonyl (C=O) groups excluding carboxylic acids is 1. The normalized spacial score (nSPS) is 45.5. The second-order valence-electron chi connectivity index (χ2n) is 13.3. The summed E-state index contributed by atoms with van der Waals surface area (Å²) in [6.07, 6.45) is 16.8. The molecule has 0 bridgehead atoms. The lowest BCUT2D eigenvalue weighted by Crippen LogP contribution is -2.60. The lowest BCUT2D eigenvalue weighted by Gasteiger charge is -2.62. The Morgan fingerprint density at radius 3 is 2.35 bits per heavy atom. The molecule has 1 N–H and O–H groups in total. The van der Waals surface area contributed by atoms with Gasteiger partial charge < -0.3 is 5.32 Å². The van der Waals surface area contributed by atoms with Gasteiger partial charge in [0, 0.05) is 13.0 Å². The average molecular weight is 430 g/mol. The molecule has 0 aromatic rings. The molecule has 4 aliphatic carbocycles. The first kappa shape index (κ1) is 23.6. The molecule has 0 saturated heterocycles. The number of carbonyl (C=O) groups is 1. The third-order valence-electron chi connectivity index (χ3n) is 11.2. The van der Waals surface area contributed by atoms with Crippen molar-refractivity contribution in [2.45, 2.75) is 125 Å². The second kappa shape index (κ2) is 9.02. The van der Waals surface area contributed by atoms with E-state index in [0.29, 0.717) is 22.8 Å². The van der Waals surface area contributed by atoms with Crippen molar-refractivity contribution in [3.8, 4) is 0 Å². The molecule has 4 rings (SSSR count). The van der Waals surface area contributed by atoms with Crippen LogP contribution in [0.5, 0.6) is 0 Å². The number of hydrogen-bond donors (Lipinski definition) is 1. The highest BCUT2D eigenvalue weighted by Crippen LogP contribution is 2.68. The average Bonchev–Trinajstić information content (AvgIpc) is 3.04. The first-order valence-electron chi connectivity index (χ1n) is 13.9. The summed E-state index contributed by atoms with van der Waals surface area (Å²) in [5.41, 5.74) is 0.994. The van der Waals surface area contributed by atoms with Gasteiger partial charge in [0.05, 0.1) is 0 Å². The molecular formula is C29H51NO. The van der Waals surface area contributed by atoms with E-state index < -0.39 is 0 Å². The Balaban J connectivity index is 1.54. The van der Waals surface area contributed by atoms with Crippen LogP contribution >= 0.6 is 0 Å². The van der Waals surface area contributed by atoms with Crippen molar-refractivity contribution in [2.75, 3.05) is 0 Å². The molecule has 0 aromatic carbocycles. The zero-order valence-electron chi connectivity index (χ0n) is 21.5. The van der Waals surface area contributed by atoms with Crippen LogP contribution in [-0.4, -0.2) is 11.9 Å². The Hall–Kier alpha value is -0.530. The summed E-state index contributed by atoms with van der Waals surface area (Å²) in [5.74, 6) is 6.16. The van der Waals surface area contributed by atoms with Crippen molar-refractivity contribution >= 4 is 5.91 Å². The van der Waals surface area contributed by atoms with E-state index in [9.17, 15) is 4.79 Å². The van der Waals surface area contributed by atoms with Crippen LogP contribution in [0.4, 0.5) is 0 Å². The first-order valence-corrected chi connectivity index (χ1v) is 13.9. The third kappa shape index (κ3) is 4.23. The number of rotatable bonds is 6. The van der Waals surface area contributed by atoms with Gasteiger partial charge in [0.2, 0.25) is 5.91 Å². The van der Waals surface area contributed by atoms with Gasteiger partial charge in [0.25, 0.3) is 0 Å². The Morgan fingerprint density at radius 1 is 0.903 bits per heavy atom. The molecule has 0 aromatic heterocycles. The van der Waals surface area contributed by atoms with E-state index in [0.717, 1.165) is 35.5 Å². The van der Waals surface area contributed by atoms with E-state index in [1.54, 1.807) is 6.92 Å². The van der Waals surface area contributed by atoms with Crippen LogP contribution in [0.15, 0.2) is 0 Å². The molecule has 0 heterocycles. The van der Waals surface area contributed by atoms with E-state index >= 15 is 0 Å². The van der Waals surface area contributed by atoms with Crippen molar-refractivity contribution in [2.24, 2.45) is 52.3 Å². The summed E-state index contributed by atoms with van der Waals surface area (Å²) >= 11 is 0. The largest absolute Gasteiger partial charge is 0.353 e. The van der Waals surface area contributed by atoms with Crippen LogP contribution in [0.3, 0.4) is 0 Å². The minimum absolute atomic E-state index is 0.193. The highest BCUT2D eigenvalue weighted by atomic mass is 16.1. The van der Waals surface area contributed by atoms with Gasteiger partial charge in [-0.25, -0.2) is 0 Å². The zero-order chi connectivity index (χ0) is 22.4. The van der Waals surface area contributed by atoms with Crippen LogP contribution < -0.4 is 5.32 Å². The minimum Gasteiger partial charge on any atom is -0.353 e. The molecule has 9 unspecified atom stereocenters. The van der Waals surface area contributed by atoms with Crippen molar-refractivity contribution in [1.29, 1.82) is 0 Å². The fraction of sp³-hybridized carbons (Fsp3) is 0.966. The van der Waals surface area contributed by atoms with Gasteiger partial charge in [-0.05, 0) is 97.2 Å². The number of amides is 1. The van der Waals surface area contributed by atoms with Crippen LogP contribution in [-0.2, 0) is 4.79 Å². The Kier molecular flexibility index (Phi) is 6.87. The standard InChI is InChI=1S/C29H51NO/c1-19(2)10-9-11-20(3)23-13-14-24-22-18-27(30-21(4)31)26-12-7-8-16-28(26,5)25(22)15-17-29(23,24)6/h19-20,22-27H,7-18H2,1-6H3,(H,30,31). The van der Waals surface area contributed by atoms with E-state index in [1.165, 1.54) is 77.0 Å². The van der Waals surface area contributed by atoms with Crippen molar-refractivity contribution < 1.29 is 4.79 Å². The predicted molar refractivity (Wildman–Crippen MR) is 131 cm³/mol. The van der Waals surface area contributed by atoms with E-state index in [-0.39, 0.29) is 5.91 Å². The van der Waals surface area contributed by atoms with Gasteiger partial charge in [0.15, 0.2) is 0 Å². The molecular weight excluding hydrogens is 378 g/mol. The fourth-order valence-electron chi connectivity index (χ4n) is 9.84. The first-order chi connectivity index (χ1) is 14.7. The molecule has 9 atom stereocenters. The summed E-state index contributed by atoms with van der Waals surface area (Å²) in [5, 5.41) is 3.47. The number of nitrogens with one attached hydrogen (secondary N) is 1. The highest BCUT2D eigenvalue weighted by Gasteiger charge is 2.61. The van der Waals surface area contributed by atoms with Crippen molar-refractivity contribution in [3.63, 3.8) is 0 Å². The minimum atomic E-state index is 0.193. The molecule has 31 heavy (non-hydrogen) atoms. The number of hydrogen-bond acceptors (Lipinski definition) is 1. The lowest BCUT2D eigenvalue weighted by molar-refractivity contribution is -0.136. The summed E-state index contributed by atoms with van der Waals surface area (Å²) in [6, 6.07) is 0.425. The van der Waals surface area contributed by atoms with Crippen molar-refractivity contribution in [3.05, 3.63) is 0 Å². The van der Waals surface area contributed by atoms with E-state index in [4.69, 9.17) is 0 Å². The number of fused-ring (bicyclic) bond motifs is 5. The molecule has 4 saturated carbocycles. The van der Waals surface area contributed by atoms with E-state index in [1.807, 2.05) is 0 Å². The summed E-state index contributed by atoms with van der Waals surface area (Å²) in [6.45, 7) is 14.4. The molecule has 0 spiro atoms. The zero-order valence-corrected chi connectivity index (χ0v) is 21.5. The quantitative estimate of drug-likeness (QED) is 0.462. The smallest absolute Gasteiger partial charge is 0.217 e. The fourth-order valence-corrected chi connectivity index (χ4v) is 9.84. The van der Waals surface area contributed by atoms with Crippen LogP contribution in [0.25, 0.3) is 0 Å². The topological polar surface area (TPSA) is 29.1 Å². The monoisotopic (exact) mass is 429 g/mol. The summed E-state index contributed by atoms with van der Waals surface area (Å²) < 4.78 is 0. The second-order valence-corrected chi connectivity index (χ2v) is 13.3. The Morgan fingerprint density at radius 2 is 1.65 bits per heavy atom. The predicted octanol–water partition coefficient (Wildman–Crippen LogP) is 7.61. The van der Waals surface area contributed by atoms with Gasteiger partial charge in [-0.15, -0.1) is 0 Å². The summed E-state index contributed by atoms with van der Waals surface area (Å²) in [7, 11) is 0. The van der Waals surface area contributed by atoms with Gasteiger partial charge >= 0.3 is 0 Å². The maximum Gasteiger partial charge on any atom is 0.217 e. The molecule has 4 aliphatic rings. The molecule has 0 radical (unpaired) electrons. The molecule has 178 valence electrons. The van der Waals surface area contributed by atoms with E-state index in [2.05, 4.69) is 39.9 Å². The molecule has 2 heteroatoms. The summed E-state index contributed by atoms with van der Waals surface area (Å²) in [4.78, 5) is 12.1. The van der Waals surface area contributed by atoms with Gasteiger partial charge in [-0.1, -0.05) is 66.7 Å². The van der Waals surface area contributed by atoms with Crippen molar-refractivity contribution in [1.82, 2.24) is 5.32 Å². The van der Waals surface area contributed by atoms with Gasteiger partial charge in [-0.2, -0.15) is 0 Å². The van der Waals surface area contributed by atoms with Gasteiger partial charge in [0.1, 0.15) is 0 Å². The van der Waals surface area contributed by atoms with Crippen LogP contribution in [0, 0.1) is 52.3 Å². The lowest BCUT2D eigenvalue weighted by atomic mass is 9.43. The molecule has 4 fully saturated rings.